The van der Waals surface area contributed by atoms with Gasteiger partial charge in [-0.05, 0) is 24.1 Å². The first kappa shape index (κ1) is 19.8. The van der Waals surface area contributed by atoms with Gasteiger partial charge in [0.15, 0.2) is 18.1 Å². The highest BCUT2D eigenvalue weighted by molar-refractivity contribution is 5.82. The van der Waals surface area contributed by atoms with Crippen molar-refractivity contribution in [2.24, 2.45) is 0 Å². The van der Waals surface area contributed by atoms with E-state index in [1.54, 1.807) is 6.07 Å². The highest BCUT2D eigenvalue weighted by atomic mass is 16.5. The van der Waals surface area contributed by atoms with Crippen LogP contribution in [0.1, 0.15) is 11.1 Å². The number of hydrogen-bond donors (Lipinski definition) is 1. The fourth-order valence-electron chi connectivity index (χ4n) is 2.45. The Morgan fingerprint density at radius 2 is 1.89 bits per heavy atom. The molecule has 0 aliphatic rings. The van der Waals surface area contributed by atoms with Gasteiger partial charge in [0.25, 0.3) is 5.91 Å². The van der Waals surface area contributed by atoms with Gasteiger partial charge in [-0.25, -0.2) is 0 Å². The van der Waals surface area contributed by atoms with Gasteiger partial charge < -0.3 is 19.5 Å². The van der Waals surface area contributed by atoms with Crippen LogP contribution in [0.3, 0.4) is 0 Å². The van der Waals surface area contributed by atoms with Gasteiger partial charge in [-0.1, -0.05) is 30.3 Å². The van der Waals surface area contributed by atoms with Crippen molar-refractivity contribution >= 4 is 11.9 Å². The number of carboxylic acids is 1. The summed E-state index contributed by atoms with van der Waals surface area (Å²) in [5, 5.41) is 18.0. The van der Waals surface area contributed by atoms with Crippen LogP contribution >= 0.6 is 0 Å². The zero-order valence-corrected chi connectivity index (χ0v) is 14.9. The summed E-state index contributed by atoms with van der Waals surface area (Å²) >= 11 is 0. The van der Waals surface area contributed by atoms with Gasteiger partial charge >= 0.3 is 5.97 Å². The molecule has 7 heteroatoms. The predicted molar refractivity (Wildman–Crippen MR) is 97.6 cm³/mol. The standard InChI is InChI=1S/C20H20N2O5/c1-26-18-11-16(12-21)7-8-17(18)27-14-19(23)22(13-20(24)25)10-9-15-5-3-2-4-6-15/h2-8,11H,9-10,13-14H2,1H3,(H,24,25). The SMILES string of the molecule is COc1cc(C#N)ccc1OCC(=O)N(CCc1ccccc1)CC(=O)O. The van der Waals surface area contributed by atoms with Gasteiger partial charge in [0.2, 0.25) is 0 Å². The van der Waals surface area contributed by atoms with E-state index in [2.05, 4.69) is 0 Å². The molecule has 0 saturated carbocycles. The average molecular weight is 368 g/mol. The summed E-state index contributed by atoms with van der Waals surface area (Å²) < 4.78 is 10.6. The summed E-state index contributed by atoms with van der Waals surface area (Å²) in [7, 11) is 1.43. The van der Waals surface area contributed by atoms with E-state index in [9.17, 15) is 9.59 Å². The van der Waals surface area contributed by atoms with Crippen LogP contribution in [0.2, 0.25) is 0 Å². The Labute approximate surface area is 157 Å². The number of carbonyl (C=O) groups is 2. The second-order valence-electron chi connectivity index (χ2n) is 5.71. The quantitative estimate of drug-likeness (QED) is 0.728. The lowest BCUT2D eigenvalue weighted by atomic mass is 10.1. The Kier molecular flexibility index (Phi) is 7.20. The monoisotopic (exact) mass is 368 g/mol. The zero-order chi connectivity index (χ0) is 19.6. The van der Waals surface area contributed by atoms with Gasteiger partial charge in [0.1, 0.15) is 6.54 Å². The second kappa shape index (κ2) is 9.82. The van der Waals surface area contributed by atoms with E-state index in [1.807, 2.05) is 36.4 Å². The number of ether oxygens (including phenoxy) is 2. The minimum atomic E-state index is -1.09. The fraction of sp³-hybridized carbons (Fsp3) is 0.250. The van der Waals surface area contributed by atoms with Crippen molar-refractivity contribution in [2.45, 2.75) is 6.42 Å². The van der Waals surface area contributed by atoms with Crippen molar-refractivity contribution in [3.05, 3.63) is 59.7 Å². The molecule has 0 spiro atoms. The van der Waals surface area contributed by atoms with Crippen LogP contribution in [-0.2, 0) is 16.0 Å². The molecule has 0 aromatic heterocycles. The first-order valence-electron chi connectivity index (χ1n) is 8.28. The molecule has 1 amide bonds. The summed E-state index contributed by atoms with van der Waals surface area (Å²) in [5.41, 5.74) is 1.41. The Morgan fingerprint density at radius 3 is 2.52 bits per heavy atom. The summed E-state index contributed by atoms with van der Waals surface area (Å²) in [4.78, 5) is 24.8. The number of amides is 1. The molecular weight excluding hydrogens is 348 g/mol. The highest BCUT2D eigenvalue weighted by Gasteiger charge is 2.18. The summed E-state index contributed by atoms with van der Waals surface area (Å²) in [6.07, 6.45) is 0.542. The number of benzene rings is 2. The van der Waals surface area contributed by atoms with Crippen molar-refractivity contribution in [1.29, 1.82) is 5.26 Å². The Morgan fingerprint density at radius 1 is 1.15 bits per heavy atom. The number of carboxylic acid groups (broad SMARTS) is 1. The Hall–Kier alpha value is -3.53. The number of nitriles is 1. The highest BCUT2D eigenvalue weighted by Crippen LogP contribution is 2.27. The van der Waals surface area contributed by atoms with Crippen LogP contribution in [0, 0.1) is 11.3 Å². The van der Waals surface area contributed by atoms with Gasteiger partial charge in [0, 0.05) is 12.6 Å². The van der Waals surface area contributed by atoms with Crippen LogP contribution in [0.5, 0.6) is 11.5 Å². The second-order valence-corrected chi connectivity index (χ2v) is 5.71. The van der Waals surface area contributed by atoms with E-state index in [0.717, 1.165) is 5.56 Å². The molecule has 0 atom stereocenters. The van der Waals surface area contributed by atoms with E-state index < -0.39 is 18.4 Å². The molecule has 0 unspecified atom stereocenters. The molecule has 0 heterocycles. The van der Waals surface area contributed by atoms with Crippen molar-refractivity contribution < 1.29 is 24.2 Å². The lowest BCUT2D eigenvalue weighted by Crippen LogP contribution is -2.40. The Bertz CT molecular complexity index is 830. The Balaban J connectivity index is 2.01. The molecule has 0 fully saturated rings. The summed E-state index contributed by atoms with van der Waals surface area (Å²) in [5.74, 6) is -0.897. The predicted octanol–water partition coefficient (Wildman–Crippen LogP) is 2.10. The van der Waals surface area contributed by atoms with Crippen LogP contribution in [0.15, 0.2) is 48.5 Å². The minimum Gasteiger partial charge on any atom is -0.493 e. The fourth-order valence-corrected chi connectivity index (χ4v) is 2.45. The van der Waals surface area contributed by atoms with E-state index in [1.165, 1.54) is 24.1 Å². The number of rotatable bonds is 9. The molecule has 1 N–H and O–H groups in total. The van der Waals surface area contributed by atoms with Crippen LogP contribution in [-0.4, -0.2) is 48.7 Å². The first-order chi connectivity index (χ1) is 13.0. The summed E-state index contributed by atoms with van der Waals surface area (Å²) in [6, 6.07) is 16.1. The van der Waals surface area contributed by atoms with Crippen molar-refractivity contribution in [2.75, 3.05) is 26.8 Å². The molecule has 140 valence electrons. The molecule has 7 nitrogen and oxygen atoms in total. The lowest BCUT2D eigenvalue weighted by Gasteiger charge is -2.21. The number of carbonyl (C=O) groups excluding carboxylic acids is 1. The van der Waals surface area contributed by atoms with E-state index in [-0.39, 0.29) is 13.2 Å². The normalized spacial score (nSPS) is 9.93. The average Bonchev–Trinajstić information content (AvgIpc) is 2.69. The van der Waals surface area contributed by atoms with Crippen LogP contribution in [0.25, 0.3) is 0 Å². The maximum Gasteiger partial charge on any atom is 0.323 e. The first-order valence-corrected chi connectivity index (χ1v) is 8.28. The van der Waals surface area contributed by atoms with Crippen molar-refractivity contribution in [1.82, 2.24) is 4.90 Å². The number of aliphatic carboxylic acids is 1. The van der Waals surface area contributed by atoms with E-state index in [0.29, 0.717) is 23.5 Å². The van der Waals surface area contributed by atoms with Gasteiger partial charge in [0.05, 0.1) is 18.7 Å². The molecule has 2 aromatic rings. The van der Waals surface area contributed by atoms with Crippen molar-refractivity contribution in [3.8, 4) is 17.6 Å². The third kappa shape index (κ3) is 6.04. The molecular formula is C20H20N2O5. The maximum atomic E-state index is 12.4. The van der Waals surface area contributed by atoms with Crippen LogP contribution < -0.4 is 9.47 Å². The molecule has 0 radical (unpaired) electrons. The maximum absolute atomic E-state index is 12.4. The van der Waals surface area contributed by atoms with Gasteiger partial charge in [-0.3, -0.25) is 9.59 Å². The smallest absolute Gasteiger partial charge is 0.323 e. The minimum absolute atomic E-state index is 0.267. The van der Waals surface area contributed by atoms with Gasteiger partial charge in [-0.2, -0.15) is 5.26 Å². The topological polar surface area (TPSA) is 99.9 Å². The third-order valence-electron chi connectivity index (χ3n) is 3.84. The molecule has 0 aliphatic heterocycles. The van der Waals surface area contributed by atoms with E-state index >= 15 is 0 Å². The molecule has 0 saturated heterocycles. The number of hydrogen-bond acceptors (Lipinski definition) is 5. The molecule has 2 aromatic carbocycles. The lowest BCUT2D eigenvalue weighted by molar-refractivity contribution is -0.145. The molecule has 2 rings (SSSR count). The molecule has 27 heavy (non-hydrogen) atoms. The van der Waals surface area contributed by atoms with E-state index in [4.69, 9.17) is 19.8 Å². The van der Waals surface area contributed by atoms with Crippen molar-refractivity contribution in [3.63, 3.8) is 0 Å². The third-order valence-corrected chi connectivity index (χ3v) is 3.84. The van der Waals surface area contributed by atoms with Gasteiger partial charge in [-0.15, -0.1) is 0 Å². The summed E-state index contributed by atoms with van der Waals surface area (Å²) in [6.45, 7) is -0.465. The number of nitrogens with zero attached hydrogens (tertiary/aromatic N) is 2. The molecule has 0 aliphatic carbocycles. The zero-order valence-electron chi connectivity index (χ0n) is 14.9. The molecule has 0 bridgehead atoms. The van der Waals surface area contributed by atoms with Crippen LogP contribution in [0.4, 0.5) is 0 Å². The largest absolute Gasteiger partial charge is 0.493 e. The number of methoxy groups -OCH3 is 1.